The number of rotatable bonds is 2. The van der Waals surface area contributed by atoms with Crippen LogP contribution >= 0.6 is 0 Å². The number of likely N-dealkylation sites (tertiary alicyclic amines) is 1. The summed E-state index contributed by atoms with van der Waals surface area (Å²) in [5.74, 6) is -0.604. The van der Waals surface area contributed by atoms with E-state index in [0.717, 1.165) is 12.8 Å². The van der Waals surface area contributed by atoms with Gasteiger partial charge in [-0.1, -0.05) is 19.1 Å². The minimum absolute atomic E-state index is 0.0818. The summed E-state index contributed by atoms with van der Waals surface area (Å²) in [6.07, 6.45) is 1.95. The normalized spacial score (nSPS) is 23.2. The molecular weight excluding hydrogens is 242 g/mol. The summed E-state index contributed by atoms with van der Waals surface area (Å²) in [7, 11) is 0. The molecule has 102 valence electrons. The third-order valence-electron chi connectivity index (χ3n) is 3.79. The largest absolute Gasteiger partial charge is 0.478 e. The average molecular weight is 261 g/mol. The van der Waals surface area contributed by atoms with Crippen molar-refractivity contribution in [3.63, 3.8) is 0 Å². The summed E-state index contributed by atoms with van der Waals surface area (Å²) >= 11 is 0. The lowest BCUT2D eigenvalue weighted by Crippen LogP contribution is -2.44. The highest BCUT2D eigenvalue weighted by molar-refractivity contribution is 6.04. The van der Waals surface area contributed by atoms with Crippen LogP contribution in [-0.2, 0) is 0 Å². The molecule has 0 radical (unpaired) electrons. The number of carboxylic acid groups (broad SMARTS) is 1. The van der Waals surface area contributed by atoms with Gasteiger partial charge in [-0.05, 0) is 37.8 Å². The van der Waals surface area contributed by atoms with Crippen molar-refractivity contribution in [3.8, 4) is 0 Å². The van der Waals surface area contributed by atoms with Gasteiger partial charge in [-0.3, -0.25) is 4.79 Å². The van der Waals surface area contributed by atoms with Gasteiger partial charge in [0.1, 0.15) is 0 Å². The summed E-state index contributed by atoms with van der Waals surface area (Å²) in [4.78, 5) is 25.5. The van der Waals surface area contributed by atoms with Crippen LogP contribution in [0.2, 0.25) is 0 Å². The SMILES string of the molecule is CC1CCN(C(=O)c2ccccc2C(=O)O)C(C)C1. The minimum Gasteiger partial charge on any atom is -0.478 e. The lowest BCUT2D eigenvalue weighted by molar-refractivity contribution is 0.0573. The van der Waals surface area contributed by atoms with Crippen molar-refractivity contribution >= 4 is 11.9 Å². The molecule has 0 spiro atoms. The van der Waals surface area contributed by atoms with Crippen LogP contribution in [0.15, 0.2) is 24.3 Å². The molecule has 0 aliphatic carbocycles. The van der Waals surface area contributed by atoms with Gasteiger partial charge in [0, 0.05) is 12.6 Å². The Balaban J connectivity index is 2.27. The number of nitrogens with zero attached hydrogens (tertiary/aromatic N) is 1. The number of piperidine rings is 1. The molecule has 2 rings (SSSR count). The van der Waals surface area contributed by atoms with Crippen LogP contribution in [0.1, 0.15) is 47.4 Å². The van der Waals surface area contributed by atoms with Crippen LogP contribution in [0.3, 0.4) is 0 Å². The second-order valence-corrected chi connectivity index (χ2v) is 5.33. The molecule has 1 fully saturated rings. The van der Waals surface area contributed by atoms with E-state index in [9.17, 15) is 9.59 Å². The highest BCUT2D eigenvalue weighted by atomic mass is 16.4. The smallest absolute Gasteiger partial charge is 0.336 e. The van der Waals surface area contributed by atoms with E-state index < -0.39 is 5.97 Å². The molecule has 0 saturated carbocycles. The highest BCUT2D eigenvalue weighted by Crippen LogP contribution is 2.24. The Kier molecular flexibility index (Phi) is 3.88. The van der Waals surface area contributed by atoms with Crippen molar-refractivity contribution < 1.29 is 14.7 Å². The van der Waals surface area contributed by atoms with Crippen molar-refractivity contribution in [2.45, 2.75) is 32.7 Å². The molecular formula is C15H19NO3. The van der Waals surface area contributed by atoms with Gasteiger partial charge in [0.05, 0.1) is 11.1 Å². The first-order valence-corrected chi connectivity index (χ1v) is 6.64. The van der Waals surface area contributed by atoms with Crippen LogP contribution in [0.5, 0.6) is 0 Å². The molecule has 19 heavy (non-hydrogen) atoms. The number of carbonyl (C=O) groups is 2. The van der Waals surface area contributed by atoms with Crippen LogP contribution in [0.25, 0.3) is 0 Å². The summed E-state index contributed by atoms with van der Waals surface area (Å²) in [5, 5.41) is 9.15. The fraction of sp³-hybridized carbons (Fsp3) is 0.467. The number of amides is 1. The second kappa shape index (κ2) is 5.43. The van der Waals surface area contributed by atoms with Gasteiger partial charge in [0.2, 0.25) is 0 Å². The first kappa shape index (κ1) is 13.6. The molecule has 2 atom stereocenters. The third kappa shape index (κ3) is 2.78. The van der Waals surface area contributed by atoms with Crippen molar-refractivity contribution in [2.24, 2.45) is 5.92 Å². The minimum atomic E-state index is -1.05. The Morgan fingerprint density at radius 3 is 2.42 bits per heavy atom. The van der Waals surface area contributed by atoms with Crippen molar-refractivity contribution in [2.75, 3.05) is 6.54 Å². The van der Waals surface area contributed by atoms with E-state index in [1.165, 1.54) is 6.07 Å². The number of aromatic carboxylic acids is 1. The van der Waals surface area contributed by atoms with Crippen LogP contribution in [-0.4, -0.2) is 34.5 Å². The molecule has 0 aromatic heterocycles. The predicted octanol–water partition coefficient (Wildman–Crippen LogP) is 2.65. The van der Waals surface area contributed by atoms with Gasteiger partial charge >= 0.3 is 5.97 Å². The Morgan fingerprint density at radius 2 is 1.84 bits per heavy atom. The Hall–Kier alpha value is -1.84. The Morgan fingerprint density at radius 1 is 1.21 bits per heavy atom. The number of carbonyl (C=O) groups excluding carboxylic acids is 1. The predicted molar refractivity (Wildman–Crippen MR) is 72.3 cm³/mol. The fourth-order valence-corrected chi connectivity index (χ4v) is 2.72. The van der Waals surface area contributed by atoms with E-state index in [0.29, 0.717) is 12.5 Å². The maximum Gasteiger partial charge on any atom is 0.336 e. The molecule has 1 aliphatic rings. The maximum atomic E-state index is 12.5. The van der Waals surface area contributed by atoms with Gasteiger partial charge in [-0.2, -0.15) is 0 Å². The third-order valence-corrected chi connectivity index (χ3v) is 3.79. The number of benzene rings is 1. The molecule has 1 aromatic rings. The van der Waals surface area contributed by atoms with E-state index in [1.54, 1.807) is 23.1 Å². The molecule has 4 heteroatoms. The molecule has 1 amide bonds. The number of hydrogen-bond donors (Lipinski definition) is 1. The maximum absolute atomic E-state index is 12.5. The lowest BCUT2D eigenvalue weighted by Gasteiger charge is -2.36. The molecule has 1 N–H and O–H groups in total. The van der Waals surface area contributed by atoms with Gasteiger partial charge in [0.25, 0.3) is 5.91 Å². The zero-order valence-corrected chi connectivity index (χ0v) is 11.3. The number of hydrogen-bond acceptors (Lipinski definition) is 2. The first-order valence-electron chi connectivity index (χ1n) is 6.64. The molecule has 4 nitrogen and oxygen atoms in total. The lowest BCUT2D eigenvalue weighted by atomic mass is 9.92. The van der Waals surface area contributed by atoms with Gasteiger partial charge in [0.15, 0.2) is 0 Å². The topological polar surface area (TPSA) is 57.6 Å². The zero-order valence-electron chi connectivity index (χ0n) is 11.3. The van der Waals surface area contributed by atoms with Crippen molar-refractivity contribution in [1.82, 2.24) is 4.90 Å². The van der Waals surface area contributed by atoms with Crippen LogP contribution < -0.4 is 0 Å². The quantitative estimate of drug-likeness (QED) is 0.890. The molecule has 1 saturated heterocycles. The van der Waals surface area contributed by atoms with E-state index in [2.05, 4.69) is 6.92 Å². The van der Waals surface area contributed by atoms with Crippen LogP contribution in [0, 0.1) is 5.92 Å². The average Bonchev–Trinajstić information content (AvgIpc) is 2.38. The van der Waals surface area contributed by atoms with Crippen molar-refractivity contribution in [1.29, 1.82) is 0 Å². The van der Waals surface area contributed by atoms with Gasteiger partial charge < -0.3 is 10.0 Å². The van der Waals surface area contributed by atoms with E-state index >= 15 is 0 Å². The summed E-state index contributed by atoms with van der Waals surface area (Å²) in [5.41, 5.74) is 0.370. The molecule has 2 unspecified atom stereocenters. The van der Waals surface area contributed by atoms with Crippen molar-refractivity contribution in [3.05, 3.63) is 35.4 Å². The van der Waals surface area contributed by atoms with E-state index in [4.69, 9.17) is 5.11 Å². The summed E-state index contributed by atoms with van der Waals surface area (Å²) in [6, 6.07) is 6.58. The highest BCUT2D eigenvalue weighted by Gasteiger charge is 2.29. The Bertz CT molecular complexity index is 498. The van der Waals surface area contributed by atoms with E-state index in [-0.39, 0.29) is 23.1 Å². The molecule has 0 bridgehead atoms. The Labute approximate surface area is 113 Å². The number of carboxylic acids is 1. The molecule has 1 aliphatic heterocycles. The fourth-order valence-electron chi connectivity index (χ4n) is 2.72. The molecule has 1 heterocycles. The van der Waals surface area contributed by atoms with Gasteiger partial charge in [-0.25, -0.2) is 4.79 Å². The molecule has 1 aromatic carbocycles. The van der Waals surface area contributed by atoms with Gasteiger partial charge in [-0.15, -0.1) is 0 Å². The van der Waals surface area contributed by atoms with Crippen LogP contribution in [0.4, 0.5) is 0 Å². The summed E-state index contributed by atoms with van der Waals surface area (Å²) in [6.45, 7) is 4.91. The zero-order chi connectivity index (χ0) is 14.0. The second-order valence-electron chi connectivity index (χ2n) is 5.33. The first-order chi connectivity index (χ1) is 9.00. The standard InChI is InChI=1S/C15H19NO3/c1-10-7-8-16(11(2)9-10)14(17)12-5-3-4-6-13(12)15(18)19/h3-6,10-11H,7-9H2,1-2H3,(H,18,19). The monoisotopic (exact) mass is 261 g/mol. The summed E-state index contributed by atoms with van der Waals surface area (Å²) < 4.78 is 0. The van der Waals surface area contributed by atoms with E-state index in [1.807, 2.05) is 6.92 Å².